The molecule has 0 bridgehead atoms. The number of carboxylic acid groups (broad SMARTS) is 2. The van der Waals surface area contributed by atoms with Crippen molar-refractivity contribution in [3.8, 4) is 0 Å². The number of ether oxygens (including phenoxy) is 1. The topological polar surface area (TPSA) is 168 Å². The highest BCUT2D eigenvalue weighted by atomic mass is 32.1. The summed E-state index contributed by atoms with van der Waals surface area (Å²) in [4.78, 5) is 63.2. The minimum Gasteiger partial charge on any atom is -0.480 e. The number of hydrogen-bond donors (Lipinski definition) is 3. The van der Waals surface area contributed by atoms with Crippen molar-refractivity contribution in [2.45, 2.75) is 123 Å². The summed E-state index contributed by atoms with van der Waals surface area (Å²) >= 11 is 4.03. The molecule has 4 rings (SSSR count). The van der Waals surface area contributed by atoms with Gasteiger partial charge in [0, 0.05) is 43.3 Å². The van der Waals surface area contributed by atoms with Crippen LogP contribution in [-0.4, -0.2) is 99.3 Å². The third-order valence-corrected chi connectivity index (χ3v) is 13.5. The summed E-state index contributed by atoms with van der Waals surface area (Å²) in [6.07, 6.45) is 8.47. The van der Waals surface area contributed by atoms with Crippen LogP contribution >= 0.6 is 20.0 Å². The van der Waals surface area contributed by atoms with Crippen LogP contribution in [0.1, 0.15) is 104 Å². The maximum Gasteiger partial charge on any atom is 0.326 e. The number of rotatable bonds is 17. The monoisotopic (exact) mass is 780 g/mol. The minimum atomic E-state index is -3.60. The molecule has 0 aromatic heterocycles. The molecule has 2 aliphatic heterocycles. The normalized spacial score (nSPS) is 22.7. The molecule has 298 valence electrons. The molecule has 2 saturated heterocycles. The Morgan fingerprint density at radius 3 is 2.13 bits per heavy atom. The molecule has 3 aliphatic rings. The first kappa shape index (κ1) is 44.5. The molecule has 0 spiro atoms. The Hall–Kier alpha value is -2.89. The van der Waals surface area contributed by atoms with Crippen molar-refractivity contribution >= 4 is 49.7 Å². The molecule has 1 aromatic rings. The zero-order valence-electron chi connectivity index (χ0n) is 31.9. The van der Waals surface area contributed by atoms with Crippen LogP contribution in [0.3, 0.4) is 0 Å². The summed E-state index contributed by atoms with van der Waals surface area (Å²) < 4.78 is 25.7. The molecule has 1 aromatic carbocycles. The second-order valence-corrected chi connectivity index (χ2v) is 18.1. The zero-order valence-corrected chi connectivity index (χ0v) is 33.7. The number of amides is 2. The summed E-state index contributed by atoms with van der Waals surface area (Å²) in [6.45, 7) is 8.01. The average Bonchev–Trinajstić information content (AvgIpc) is 3.83. The number of hydrogen-bond acceptors (Lipinski definition) is 9. The molecule has 2 N–H and O–H groups in total. The van der Waals surface area contributed by atoms with Crippen molar-refractivity contribution in [1.29, 1.82) is 0 Å². The molecule has 2 amide bonds. The number of nitrogens with zero attached hydrogens (tertiary/aromatic N) is 2. The van der Waals surface area contributed by atoms with Crippen molar-refractivity contribution < 1.29 is 48.0 Å². The maximum absolute atomic E-state index is 14.2. The molecular weight excluding hydrogens is 719 g/mol. The van der Waals surface area contributed by atoms with Gasteiger partial charge in [-0.15, -0.1) is 0 Å². The van der Waals surface area contributed by atoms with Gasteiger partial charge in [0.2, 0.25) is 25.5 Å². The molecule has 14 heteroatoms. The number of unbranched alkanes of at least 4 members (excludes halogenated alkanes) is 1. The maximum atomic E-state index is 14.2. The highest BCUT2D eigenvalue weighted by Crippen LogP contribution is 2.51. The fourth-order valence-corrected chi connectivity index (χ4v) is 9.91. The van der Waals surface area contributed by atoms with Gasteiger partial charge in [0.25, 0.3) is 0 Å². The van der Waals surface area contributed by atoms with Gasteiger partial charge in [0.05, 0.1) is 0 Å². The van der Waals surface area contributed by atoms with E-state index in [4.69, 9.17) is 14.4 Å². The molecule has 0 radical (unpaired) electrons. The third-order valence-electron chi connectivity index (χ3n) is 10.6. The lowest BCUT2D eigenvalue weighted by atomic mass is 9.79. The Morgan fingerprint density at radius 2 is 1.55 bits per heavy atom. The van der Waals surface area contributed by atoms with Crippen LogP contribution in [-0.2, 0) is 44.2 Å². The third kappa shape index (κ3) is 13.7. The van der Waals surface area contributed by atoms with Gasteiger partial charge in [-0.1, -0.05) is 90.1 Å². The molecule has 53 heavy (non-hydrogen) atoms. The number of thiol groups is 1. The van der Waals surface area contributed by atoms with Crippen molar-refractivity contribution in [2.24, 2.45) is 23.7 Å². The largest absolute Gasteiger partial charge is 0.480 e. The highest BCUT2D eigenvalue weighted by molar-refractivity contribution is 7.80. The molecule has 3 fully saturated rings. The van der Waals surface area contributed by atoms with Crippen LogP contribution < -0.4 is 0 Å². The number of aliphatic carboxylic acids is 2. The summed E-state index contributed by atoms with van der Waals surface area (Å²) in [5.74, 6) is -2.34. The van der Waals surface area contributed by atoms with E-state index < -0.39 is 49.6 Å². The van der Waals surface area contributed by atoms with E-state index in [1.807, 2.05) is 44.2 Å². The minimum absolute atomic E-state index is 0.0927. The Labute approximate surface area is 320 Å². The van der Waals surface area contributed by atoms with E-state index in [1.54, 1.807) is 13.8 Å². The molecule has 6 atom stereocenters. The quantitative estimate of drug-likeness (QED) is 0.0506. The molecule has 1 saturated carbocycles. The van der Waals surface area contributed by atoms with E-state index in [2.05, 4.69) is 12.6 Å². The number of likely N-dealkylation sites (tertiary alicyclic amines) is 2. The lowest BCUT2D eigenvalue weighted by Crippen LogP contribution is -2.43. The molecular formula is C39H61N2O10PS. The van der Waals surface area contributed by atoms with E-state index in [0.717, 1.165) is 44.9 Å². The van der Waals surface area contributed by atoms with Crippen molar-refractivity contribution in [3.63, 3.8) is 0 Å². The van der Waals surface area contributed by atoms with E-state index in [-0.39, 0.29) is 42.4 Å². The first-order valence-electron chi connectivity index (χ1n) is 19.4. The van der Waals surface area contributed by atoms with Gasteiger partial charge < -0.3 is 24.7 Å². The summed E-state index contributed by atoms with van der Waals surface area (Å²) in [6, 6.07) is 8.48. The number of esters is 1. The fourth-order valence-electron chi connectivity index (χ4n) is 7.45. The zero-order chi connectivity index (χ0) is 39.1. The van der Waals surface area contributed by atoms with Gasteiger partial charge in [-0.25, -0.2) is 9.59 Å². The number of aryl methyl sites for hydroxylation is 1. The summed E-state index contributed by atoms with van der Waals surface area (Å²) in [5, 5.41) is 18.8. The molecule has 12 nitrogen and oxygen atoms in total. The van der Waals surface area contributed by atoms with Gasteiger partial charge in [-0.3, -0.25) is 23.5 Å². The lowest BCUT2D eigenvalue weighted by molar-refractivity contribution is -0.169. The molecule has 2 heterocycles. The van der Waals surface area contributed by atoms with Crippen LogP contribution in [0.25, 0.3) is 0 Å². The van der Waals surface area contributed by atoms with Crippen LogP contribution in [0.5, 0.6) is 0 Å². The predicted octanol–water partition coefficient (Wildman–Crippen LogP) is 6.75. The van der Waals surface area contributed by atoms with Gasteiger partial charge >= 0.3 is 17.9 Å². The van der Waals surface area contributed by atoms with Crippen molar-refractivity contribution in [1.82, 2.24) is 9.80 Å². The number of benzene rings is 1. The Balaban J connectivity index is 0.000000452. The van der Waals surface area contributed by atoms with Crippen molar-refractivity contribution in [2.75, 3.05) is 31.2 Å². The second-order valence-electron chi connectivity index (χ2n) is 15.1. The first-order chi connectivity index (χ1) is 25.2. The van der Waals surface area contributed by atoms with Gasteiger partial charge in [-0.2, -0.15) is 12.6 Å². The smallest absolute Gasteiger partial charge is 0.326 e. The second kappa shape index (κ2) is 21.9. The highest BCUT2D eigenvalue weighted by Gasteiger charge is 2.45. The van der Waals surface area contributed by atoms with Crippen LogP contribution in [0.4, 0.5) is 0 Å². The Bertz CT molecular complexity index is 1410. The summed E-state index contributed by atoms with van der Waals surface area (Å²) in [7, 11) is -3.60. The average molecular weight is 781 g/mol. The van der Waals surface area contributed by atoms with E-state index in [1.165, 1.54) is 21.8 Å². The predicted molar refractivity (Wildman–Crippen MR) is 206 cm³/mol. The Morgan fingerprint density at radius 1 is 0.887 bits per heavy atom. The fraction of sp³-hybridized carbons (Fsp3) is 0.718. The summed E-state index contributed by atoms with van der Waals surface area (Å²) in [5.41, 5.74) is 1.18. The van der Waals surface area contributed by atoms with Crippen LogP contribution in [0.15, 0.2) is 30.3 Å². The van der Waals surface area contributed by atoms with Gasteiger partial charge in [-0.05, 0) is 55.9 Å². The first-order valence-corrected chi connectivity index (χ1v) is 22.0. The SMILES string of the molecule is CCC(=O)OC(O[P@](=O)(CCCCc1ccccc1)CC(=O)N1C[C@H](C2CCCCC2)C[C@H]1C(=O)O)C(C)C.C[C@H](CS)C(=O)N1CCC[C@H]1C(=O)O. The van der Waals surface area contributed by atoms with Crippen molar-refractivity contribution in [3.05, 3.63) is 35.9 Å². The molecule has 1 aliphatic carbocycles. The van der Waals surface area contributed by atoms with Gasteiger partial charge in [0.15, 0.2) is 0 Å². The van der Waals surface area contributed by atoms with Crippen LogP contribution in [0.2, 0.25) is 0 Å². The molecule has 1 unspecified atom stereocenters. The lowest BCUT2D eigenvalue weighted by Gasteiger charge is -2.30. The van der Waals surface area contributed by atoms with Gasteiger partial charge in [0.1, 0.15) is 18.2 Å². The van der Waals surface area contributed by atoms with E-state index in [9.17, 15) is 33.6 Å². The standard InChI is InChI=1S/C30H46NO7P.C9H15NO3S/c1-4-28(33)37-30(22(2)3)38-39(36,18-12-11-15-23-13-7-5-8-14-23)21-27(32)31-20-25(19-26(31)29(34)35)24-16-9-6-10-17-24;1-6(5-14)8(11)10-4-2-3-7(10)9(12)13/h5,7-8,13-14,22,24-26,30H,4,6,9-12,15-21H2,1-3H3,(H,34,35);6-7,14H,2-5H2,1H3,(H,12,13)/t25-,26+,30?,39-;6-,7+/m11/s1. The number of carbonyl (C=O) groups is 5. The van der Waals surface area contributed by atoms with E-state index in [0.29, 0.717) is 44.0 Å². The Kier molecular flexibility index (Phi) is 18.4. The van der Waals surface area contributed by atoms with Crippen LogP contribution in [0, 0.1) is 23.7 Å². The van der Waals surface area contributed by atoms with E-state index >= 15 is 0 Å². The number of carboxylic acids is 2. The number of carbonyl (C=O) groups excluding carboxylic acids is 3.